The molecule has 0 aliphatic heterocycles. The molecule has 3 aromatic heterocycles. The van der Waals surface area contributed by atoms with E-state index < -0.39 is 0 Å². The molecule has 0 radical (unpaired) electrons. The van der Waals surface area contributed by atoms with Crippen molar-refractivity contribution in [1.29, 1.82) is 0 Å². The van der Waals surface area contributed by atoms with Crippen molar-refractivity contribution in [3.63, 3.8) is 0 Å². The van der Waals surface area contributed by atoms with Crippen LogP contribution in [0.15, 0.2) is 132 Å². The molecule has 4 nitrogen and oxygen atoms in total. The summed E-state index contributed by atoms with van der Waals surface area (Å²) in [6, 6.07) is 45.1. The van der Waals surface area contributed by atoms with Gasteiger partial charge in [0.1, 0.15) is 11.2 Å². The fourth-order valence-electron chi connectivity index (χ4n) is 7.66. The first-order valence-corrected chi connectivity index (χ1v) is 15.4. The average molecular weight is 578 g/mol. The molecule has 45 heavy (non-hydrogen) atoms. The molecule has 0 atom stereocenters. The Labute approximate surface area is 259 Å². The Morgan fingerprint density at radius 3 is 2.13 bits per heavy atom. The van der Waals surface area contributed by atoms with Gasteiger partial charge in [0.15, 0.2) is 0 Å². The highest BCUT2D eigenvalue weighted by Gasteiger charge is 2.40. The number of benzene rings is 6. The fraction of sp³-hybridized carbons (Fsp3) is 0.0732. The Kier molecular flexibility index (Phi) is 4.76. The van der Waals surface area contributed by atoms with E-state index in [1.54, 1.807) is 0 Å². The van der Waals surface area contributed by atoms with E-state index in [2.05, 4.69) is 134 Å². The van der Waals surface area contributed by atoms with Gasteiger partial charge in [-0.15, -0.1) is 0 Å². The standard InChI is InChI=1S/C41H27N3O/c1-41(2)32-16-8-5-15-29(32)39-37(41)38(26-19-20-36-31(22-26)28-14-7-10-18-35(28)45-36)42-40(43-39)44-33-17-9-6-13-27(33)30-21-24-11-3-4-12-25(24)23-34(30)44/h3-23H,1-2H3. The van der Waals surface area contributed by atoms with Crippen molar-refractivity contribution in [2.45, 2.75) is 19.3 Å². The maximum absolute atomic E-state index is 6.20. The number of nitrogens with zero attached hydrogens (tertiary/aromatic N) is 3. The van der Waals surface area contributed by atoms with Gasteiger partial charge >= 0.3 is 0 Å². The van der Waals surface area contributed by atoms with Crippen LogP contribution in [0, 0.1) is 0 Å². The second kappa shape index (κ2) is 8.67. The van der Waals surface area contributed by atoms with E-state index in [1.165, 1.54) is 32.7 Å². The summed E-state index contributed by atoms with van der Waals surface area (Å²) >= 11 is 0. The molecule has 1 aliphatic carbocycles. The molecule has 0 saturated heterocycles. The molecule has 0 amide bonds. The smallest absolute Gasteiger partial charge is 0.235 e. The van der Waals surface area contributed by atoms with Crippen LogP contribution in [0.1, 0.15) is 25.0 Å². The van der Waals surface area contributed by atoms with Gasteiger partial charge in [-0.2, -0.15) is 0 Å². The lowest BCUT2D eigenvalue weighted by molar-refractivity contribution is 0.657. The zero-order valence-corrected chi connectivity index (χ0v) is 24.9. The minimum atomic E-state index is -0.274. The molecule has 6 aromatic carbocycles. The van der Waals surface area contributed by atoms with Gasteiger partial charge in [-0.05, 0) is 58.8 Å². The Bertz CT molecular complexity index is 2690. The van der Waals surface area contributed by atoms with Crippen LogP contribution in [-0.4, -0.2) is 14.5 Å². The van der Waals surface area contributed by atoms with Gasteiger partial charge in [-0.3, -0.25) is 4.57 Å². The lowest BCUT2D eigenvalue weighted by Crippen LogP contribution is -2.18. The summed E-state index contributed by atoms with van der Waals surface area (Å²) in [5.41, 5.74) is 10.3. The number of furan rings is 1. The van der Waals surface area contributed by atoms with Crippen LogP contribution in [0.25, 0.3) is 83.0 Å². The minimum Gasteiger partial charge on any atom is -0.456 e. The lowest BCUT2D eigenvalue weighted by atomic mass is 9.81. The molecular formula is C41H27N3O. The summed E-state index contributed by atoms with van der Waals surface area (Å²) in [7, 11) is 0. The van der Waals surface area contributed by atoms with Gasteiger partial charge in [0, 0.05) is 43.7 Å². The van der Waals surface area contributed by atoms with Crippen molar-refractivity contribution < 1.29 is 4.42 Å². The van der Waals surface area contributed by atoms with Gasteiger partial charge < -0.3 is 4.42 Å². The number of rotatable bonds is 2. The highest BCUT2D eigenvalue weighted by molar-refractivity contribution is 6.13. The number of hydrogen-bond donors (Lipinski definition) is 0. The van der Waals surface area contributed by atoms with Crippen molar-refractivity contribution in [2.75, 3.05) is 0 Å². The first-order chi connectivity index (χ1) is 22.1. The van der Waals surface area contributed by atoms with E-state index in [1.807, 2.05) is 12.1 Å². The second-order valence-electron chi connectivity index (χ2n) is 12.6. The first kappa shape index (κ1) is 24.7. The Hall–Kier alpha value is -5.74. The fourth-order valence-corrected chi connectivity index (χ4v) is 7.66. The molecule has 9 aromatic rings. The van der Waals surface area contributed by atoms with E-state index in [0.29, 0.717) is 5.95 Å². The van der Waals surface area contributed by atoms with E-state index in [9.17, 15) is 0 Å². The lowest BCUT2D eigenvalue weighted by Gasteiger charge is -2.24. The van der Waals surface area contributed by atoms with Gasteiger partial charge in [0.25, 0.3) is 0 Å². The van der Waals surface area contributed by atoms with Crippen molar-refractivity contribution in [3.05, 3.63) is 139 Å². The summed E-state index contributed by atoms with van der Waals surface area (Å²) in [6.45, 7) is 4.59. The zero-order chi connectivity index (χ0) is 29.9. The zero-order valence-electron chi connectivity index (χ0n) is 24.9. The third-order valence-corrected chi connectivity index (χ3v) is 9.77. The summed E-state index contributed by atoms with van der Waals surface area (Å²) in [5.74, 6) is 0.676. The molecule has 212 valence electrons. The van der Waals surface area contributed by atoms with Crippen LogP contribution in [0.2, 0.25) is 0 Å². The number of aromatic nitrogens is 3. The first-order valence-electron chi connectivity index (χ1n) is 15.4. The van der Waals surface area contributed by atoms with Crippen molar-refractivity contribution >= 4 is 54.5 Å². The molecule has 0 N–H and O–H groups in total. The number of para-hydroxylation sites is 2. The second-order valence-corrected chi connectivity index (χ2v) is 12.6. The van der Waals surface area contributed by atoms with E-state index >= 15 is 0 Å². The van der Waals surface area contributed by atoms with Gasteiger partial charge in [0.05, 0.1) is 22.4 Å². The predicted molar refractivity (Wildman–Crippen MR) is 184 cm³/mol. The van der Waals surface area contributed by atoms with Crippen LogP contribution in [0.5, 0.6) is 0 Å². The quantitative estimate of drug-likeness (QED) is 0.205. The minimum absolute atomic E-state index is 0.274. The van der Waals surface area contributed by atoms with Gasteiger partial charge in [0.2, 0.25) is 5.95 Å². The van der Waals surface area contributed by atoms with E-state index in [-0.39, 0.29) is 5.41 Å². The Balaban J connectivity index is 1.34. The van der Waals surface area contributed by atoms with Crippen molar-refractivity contribution in [1.82, 2.24) is 14.5 Å². The SMILES string of the molecule is CC1(C)c2ccccc2-c2nc(-n3c4ccccc4c4cc5ccccc5cc43)nc(-c3ccc4oc5ccccc5c4c3)c21. The predicted octanol–water partition coefficient (Wildman–Crippen LogP) is 10.6. The summed E-state index contributed by atoms with van der Waals surface area (Å²) < 4.78 is 8.46. The molecule has 0 bridgehead atoms. The van der Waals surface area contributed by atoms with Crippen LogP contribution in [-0.2, 0) is 5.41 Å². The van der Waals surface area contributed by atoms with E-state index in [4.69, 9.17) is 14.4 Å². The number of hydrogen-bond acceptors (Lipinski definition) is 3. The third-order valence-electron chi connectivity index (χ3n) is 9.77. The average Bonchev–Trinajstić information content (AvgIpc) is 3.68. The highest BCUT2D eigenvalue weighted by atomic mass is 16.3. The van der Waals surface area contributed by atoms with Crippen LogP contribution < -0.4 is 0 Å². The number of fused-ring (bicyclic) bond motifs is 10. The maximum atomic E-state index is 6.20. The van der Waals surface area contributed by atoms with Gasteiger partial charge in [-0.1, -0.05) is 98.8 Å². The molecule has 0 spiro atoms. The Morgan fingerprint density at radius 1 is 0.556 bits per heavy atom. The summed E-state index contributed by atoms with van der Waals surface area (Å²) in [6.07, 6.45) is 0. The molecule has 0 saturated carbocycles. The third kappa shape index (κ3) is 3.31. The molecule has 0 fully saturated rings. The van der Waals surface area contributed by atoms with Crippen LogP contribution in [0.4, 0.5) is 0 Å². The van der Waals surface area contributed by atoms with Crippen molar-refractivity contribution in [2.24, 2.45) is 0 Å². The largest absolute Gasteiger partial charge is 0.456 e. The normalized spacial score (nSPS) is 13.7. The topological polar surface area (TPSA) is 43.9 Å². The summed E-state index contributed by atoms with van der Waals surface area (Å²) in [5, 5.41) is 7.00. The molecule has 10 rings (SSSR count). The van der Waals surface area contributed by atoms with Crippen LogP contribution in [0.3, 0.4) is 0 Å². The molecular weight excluding hydrogens is 550 g/mol. The van der Waals surface area contributed by atoms with Crippen LogP contribution >= 0.6 is 0 Å². The Morgan fingerprint density at radius 2 is 1.24 bits per heavy atom. The summed E-state index contributed by atoms with van der Waals surface area (Å²) in [4.78, 5) is 10.9. The highest BCUT2D eigenvalue weighted by Crippen LogP contribution is 2.51. The molecule has 4 heteroatoms. The molecule has 1 aliphatic rings. The maximum Gasteiger partial charge on any atom is 0.235 e. The van der Waals surface area contributed by atoms with Crippen molar-refractivity contribution in [3.8, 4) is 28.5 Å². The monoisotopic (exact) mass is 577 g/mol. The molecule has 3 heterocycles. The van der Waals surface area contributed by atoms with Gasteiger partial charge in [-0.25, -0.2) is 9.97 Å². The molecule has 0 unspecified atom stereocenters. The van der Waals surface area contributed by atoms with E-state index in [0.717, 1.165) is 55.5 Å².